The van der Waals surface area contributed by atoms with Gasteiger partial charge in [-0.3, -0.25) is 9.59 Å². The SMILES string of the molecule is CS(=O)(=O)N(CC(=O)O)CC1CN(C(=O)C2CC2(Cl)Cl)CCO1. The first-order valence-electron chi connectivity index (χ1n) is 6.96. The number of carboxylic acid groups (broad SMARTS) is 1. The van der Waals surface area contributed by atoms with Crippen LogP contribution < -0.4 is 0 Å². The molecule has 0 aromatic carbocycles. The van der Waals surface area contributed by atoms with E-state index in [1.54, 1.807) is 0 Å². The molecule has 2 rings (SSSR count). The summed E-state index contributed by atoms with van der Waals surface area (Å²) in [6, 6.07) is 0. The maximum absolute atomic E-state index is 12.3. The van der Waals surface area contributed by atoms with Gasteiger partial charge in [0.1, 0.15) is 10.9 Å². The molecule has 2 fully saturated rings. The molecule has 2 aliphatic rings. The van der Waals surface area contributed by atoms with Crippen molar-refractivity contribution in [3.05, 3.63) is 0 Å². The van der Waals surface area contributed by atoms with Crippen LogP contribution in [0.15, 0.2) is 0 Å². The van der Waals surface area contributed by atoms with Gasteiger partial charge in [0, 0.05) is 19.6 Å². The first-order chi connectivity index (χ1) is 10.5. The second-order valence-electron chi connectivity index (χ2n) is 5.74. The third kappa shape index (κ3) is 4.93. The fraction of sp³-hybridized carbons (Fsp3) is 0.833. The highest BCUT2D eigenvalue weighted by Crippen LogP contribution is 2.54. The molecule has 0 spiro atoms. The third-order valence-electron chi connectivity index (χ3n) is 3.76. The van der Waals surface area contributed by atoms with Gasteiger partial charge in [0.15, 0.2) is 0 Å². The summed E-state index contributed by atoms with van der Waals surface area (Å²) >= 11 is 11.8. The molecule has 23 heavy (non-hydrogen) atoms. The summed E-state index contributed by atoms with van der Waals surface area (Å²) < 4.78 is 28.6. The van der Waals surface area contributed by atoms with Crippen LogP contribution in [0.4, 0.5) is 0 Å². The van der Waals surface area contributed by atoms with Crippen LogP contribution in [-0.2, 0) is 24.3 Å². The Morgan fingerprint density at radius 1 is 1.43 bits per heavy atom. The van der Waals surface area contributed by atoms with Gasteiger partial charge in [-0.2, -0.15) is 4.31 Å². The van der Waals surface area contributed by atoms with Crippen LogP contribution in [0, 0.1) is 5.92 Å². The Bertz CT molecular complexity index is 596. The molecule has 8 nitrogen and oxygen atoms in total. The van der Waals surface area contributed by atoms with Gasteiger partial charge in [0.2, 0.25) is 15.9 Å². The molecule has 0 bridgehead atoms. The quantitative estimate of drug-likeness (QED) is 0.629. The van der Waals surface area contributed by atoms with E-state index in [1.165, 1.54) is 4.90 Å². The second-order valence-corrected chi connectivity index (χ2v) is 9.27. The minimum Gasteiger partial charge on any atom is -0.480 e. The summed E-state index contributed by atoms with van der Waals surface area (Å²) in [5.74, 6) is -1.90. The van der Waals surface area contributed by atoms with Crippen LogP contribution in [0.25, 0.3) is 0 Å². The van der Waals surface area contributed by atoms with Crippen molar-refractivity contribution < 1.29 is 27.9 Å². The number of sulfonamides is 1. The van der Waals surface area contributed by atoms with Gasteiger partial charge in [-0.25, -0.2) is 8.42 Å². The van der Waals surface area contributed by atoms with Crippen LogP contribution >= 0.6 is 23.2 Å². The molecule has 1 amide bonds. The number of halogens is 2. The summed E-state index contributed by atoms with van der Waals surface area (Å²) in [7, 11) is -3.69. The molecule has 0 aromatic heterocycles. The van der Waals surface area contributed by atoms with Crippen molar-refractivity contribution >= 4 is 45.1 Å². The number of morpholine rings is 1. The largest absolute Gasteiger partial charge is 0.480 e. The van der Waals surface area contributed by atoms with E-state index in [9.17, 15) is 18.0 Å². The lowest BCUT2D eigenvalue weighted by Gasteiger charge is -2.35. The number of hydrogen-bond acceptors (Lipinski definition) is 5. The van der Waals surface area contributed by atoms with E-state index in [0.717, 1.165) is 10.6 Å². The molecule has 1 saturated carbocycles. The van der Waals surface area contributed by atoms with Gasteiger partial charge in [-0.15, -0.1) is 23.2 Å². The van der Waals surface area contributed by atoms with E-state index in [0.29, 0.717) is 13.0 Å². The van der Waals surface area contributed by atoms with E-state index in [1.807, 2.05) is 0 Å². The van der Waals surface area contributed by atoms with Crippen molar-refractivity contribution in [3.63, 3.8) is 0 Å². The molecule has 0 aromatic rings. The van der Waals surface area contributed by atoms with Crippen LogP contribution in [-0.4, -0.2) is 84.1 Å². The van der Waals surface area contributed by atoms with Gasteiger partial charge in [0.25, 0.3) is 0 Å². The normalized spacial score (nSPS) is 27.0. The highest BCUT2D eigenvalue weighted by Gasteiger charge is 2.57. The van der Waals surface area contributed by atoms with Crippen molar-refractivity contribution in [2.75, 3.05) is 39.0 Å². The Morgan fingerprint density at radius 2 is 2.04 bits per heavy atom. The summed E-state index contributed by atoms with van der Waals surface area (Å²) in [4.78, 5) is 24.6. The van der Waals surface area contributed by atoms with Gasteiger partial charge in [-0.05, 0) is 6.42 Å². The Labute approximate surface area is 144 Å². The number of rotatable bonds is 6. The second kappa shape index (κ2) is 6.72. The monoisotopic (exact) mass is 388 g/mol. The fourth-order valence-electron chi connectivity index (χ4n) is 2.43. The van der Waals surface area contributed by atoms with Crippen LogP contribution in [0.1, 0.15) is 6.42 Å². The molecule has 2 atom stereocenters. The standard InChI is InChI=1S/C12H18Cl2N2O6S/c1-23(20,21)16(7-10(17)18)6-8-5-15(2-3-22-8)11(19)9-4-12(9,13)14/h8-9H,2-7H2,1H3,(H,17,18). The molecule has 132 valence electrons. The molecule has 0 radical (unpaired) electrons. The zero-order chi connectivity index (χ0) is 17.4. The lowest BCUT2D eigenvalue weighted by molar-refractivity contribution is -0.142. The van der Waals surface area contributed by atoms with Crippen LogP contribution in [0.5, 0.6) is 0 Å². The van der Waals surface area contributed by atoms with Crippen LogP contribution in [0.2, 0.25) is 0 Å². The zero-order valence-corrected chi connectivity index (χ0v) is 14.8. The number of nitrogens with zero attached hydrogens (tertiary/aromatic N) is 2. The molecule has 11 heteroatoms. The first-order valence-corrected chi connectivity index (χ1v) is 9.56. The smallest absolute Gasteiger partial charge is 0.318 e. The number of alkyl halides is 2. The number of hydrogen-bond donors (Lipinski definition) is 1. The van der Waals surface area contributed by atoms with E-state index in [2.05, 4.69) is 0 Å². The molecular weight excluding hydrogens is 371 g/mol. The van der Waals surface area contributed by atoms with Gasteiger partial charge < -0.3 is 14.7 Å². The Balaban J connectivity index is 1.97. The van der Waals surface area contributed by atoms with Gasteiger partial charge in [0.05, 0.1) is 24.9 Å². The van der Waals surface area contributed by atoms with Crippen molar-refractivity contribution in [3.8, 4) is 0 Å². The summed E-state index contributed by atoms with van der Waals surface area (Å²) in [5, 5.41) is 8.81. The number of ether oxygens (including phenoxy) is 1. The van der Waals surface area contributed by atoms with Crippen molar-refractivity contribution in [1.29, 1.82) is 0 Å². The Kier molecular flexibility index (Phi) is 5.47. The highest BCUT2D eigenvalue weighted by atomic mass is 35.5. The highest BCUT2D eigenvalue weighted by molar-refractivity contribution is 7.88. The average Bonchev–Trinajstić information content (AvgIpc) is 3.05. The lowest BCUT2D eigenvalue weighted by Crippen LogP contribution is -2.51. The average molecular weight is 389 g/mol. The number of carbonyl (C=O) groups is 2. The molecule has 1 heterocycles. The molecule has 1 aliphatic heterocycles. The summed E-state index contributed by atoms with van der Waals surface area (Å²) in [6.07, 6.45) is 0.729. The molecule has 1 N–H and O–H groups in total. The zero-order valence-electron chi connectivity index (χ0n) is 12.4. The van der Waals surface area contributed by atoms with Crippen LogP contribution in [0.3, 0.4) is 0 Å². The lowest BCUT2D eigenvalue weighted by atomic mass is 10.2. The minimum absolute atomic E-state index is 0.132. The first kappa shape index (κ1) is 18.7. The third-order valence-corrected chi connectivity index (χ3v) is 5.81. The molecule has 1 saturated heterocycles. The topological polar surface area (TPSA) is 104 Å². The maximum Gasteiger partial charge on any atom is 0.318 e. The summed E-state index contributed by atoms with van der Waals surface area (Å²) in [6.45, 7) is -0.00208. The minimum atomic E-state index is -3.69. The van der Waals surface area contributed by atoms with E-state index < -0.39 is 38.9 Å². The predicted octanol–water partition coefficient (Wildman–Crippen LogP) is -0.246. The predicted molar refractivity (Wildman–Crippen MR) is 82.9 cm³/mol. The van der Waals surface area contributed by atoms with Crippen molar-refractivity contribution in [2.45, 2.75) is 16.9 Å². The van der Waals surface area contributed by atoms with E-state index >= 15 is 0 Å². The Hall–Kier alpha value is -0.610. The van der Waals surface area contributed by atoms with Gasteiger partial charge >= 0.3 is 5.97 Å². The maximum atomic E-state index is 12.3. The van der Waals surface area contributed by atoms with E-state index in [-0.39, 0.29) is 25.6 Å². The number of carboxylic acids is 1. The number of aliphatic carboxylic acids is 1. The van der Waals surface area contributed by atoms with Crippen molar-refractivity contribution in [1.82, 2.24) is 9.21 Å². The molecular formula is C12H18Cl2N2O6S. The van der Waals surface area contributed by atoms with E-state index in [4.69, 9.17) is 33.0 Å². The summed E-state index contributed by atoms with van der Waals surface area (Å²) in [5.41, 5.74) is 0. The Morgan fingerprint density at radius 3 is 2.52 bits per heavy atom. The van der Waals surface area contributed by atoms with Gasteiger partial charge in [-0.1, -0.05) is 0 Å². The molecule has 1 aliphatic carbocycles. The molecule has 2 unspecified atom stereocenters. The number of amides is 1. The number of carbonyl (C=O) groups excluding carboxylic acids is 1. The van der Waals surface area contributed by atoms with Crippen molar-refractivity contribution in [2.24, 2.45) is 5.92 Å². The fourth-order valence-corrected chi connectivity index (χ4v) is 3.70.